The van der Waals surface area contributed by atoms with E-state index >= 15 is 0 Å². The number of nitrogens with two attached hydrogens (primary N) is 1. The van der Waals surface area contributed by atoms with Crippen molar-refractivity contribution in [3.05, 3.63) is 33.4 Å². The van der Waals surface area contributed by atoms with Crippen LogP contribution in [0.2, 0.25) is 0 Å². The van der Waals surface area contributed by atoms with E-state index in [4.69, 9.17) is 5.73 Å². The third-order valence-electron chi connectivity index (χ3n) is 4.73. The van der Waals surface area contributed by atoms with Crippen molar-refractivity contribution >= 4 is 22.6 Å². The molecule has 3 rings (SSSR count). The Labute approximate surface area is 117 Å². The van der Waals surface area contributed by atoms with Crippen LogP contribution < -0.4 is 5.73 Å². The Morgan fingerprint density at radius 1 is 1.18 bits per heavy atom. The first-order valence-corrected chi connectivity index (χ1v) is 7.80. The van der Waals surface area contributed by atoms with Gasteiger partial charge in [-0.1, -0.05) is 18.6 Å². The molecule has 17 heavy (non-hydrogen) atoms. The Morgan fingerprint density at radius 3 is 2.53 bits per heavy atom. The van der Waals surface area contributed by atoms with Gasteiger partial charge in [0.05, 0.1) is 0 Å². The lowest BCUT2D eigenvalue weighted by Crippen LogP contribution is -2.35. The Balaban J connectivity index is 1.63. The van der Waals surface area contributed by atoms with Gasteiger partial charge in [-0.05, 0) is 83.7 Å². The molecule has 4 atom stereocenters. The molecular formula is C15H20IN. The minimum atomic E-state index is 0.380. The van der Waals surface area contributed by atoms with Crippen molar-refractivity contribution in [3.63, 3.8) is 0 Å². The molecule has 1 aromatic carbocycles. The first kappa shape index (κ1) is 12.0. The fourth-order valence-corrected chi connectivity index (χ4v) is 4.22. The molecule has 2 N–H and O–H groups in total. The molecule has 2 aliphatic rings. The van der Waals surface area contributed by atoms with Gasteiger partial charge < -0.3 is 5.73 Å². The summed E-state index contributed by atoms with van der Waals surface area (Å²) in [5.41, 5.74) is 7.84. The number of halogens is 1. The highest BCUT2D eigenvalue weighted by molar-refractivity contribution is 14.1. The average molecular weight is 341 g/mol. The second kappa shape index (κ2) is 4.88. The molecule has 0 aromatic heterocycles. The molecule has 2 aliphatic carbocycles. The van der Waals surface area contributed by atoms with Crippen LogP contribution in [-0.2, 0) is 6.42 Å². The smallest absolute Gasteiger partial charge is 0.0130 e. The molecule has 2 heteroatoms. The lowest BCUT2D eigenvalue weighted by molar-refractivity contribution is 0.280. The molecule has 0 radical (unpaired) electrons. The van der Waals surface area contributed by atoms with Gasteiger partial charge in [-0.15, -0.1) is 0 Å². The number of fused-ring (bicyclic) bond motifs is 2. The Kier molecular flexibility index (Phi) is 3.44. The van der Waals surface area contributed by atoms with Crippen LogP contribution in [0, 0.1) is 21.3 Å². The van der Waals surface area contributed by atoms with Crippen LogP contribution in [0.4, 0.5) is 0 Å². The van der Waals surface area contributed by atoms with Gasteiger partial charge >= 0.3 is 0 Å². The maximum absolute atomic E-state index is 6.43. The number of rotatable bonds is 3. The minimum absolute atomic E-state index is 0.380. The van der Waals surface area contributed by atoms with E-state index in [2.05, 4.69) is 46.9 Å². The maximum Gasteiger partial charge on any atom is 0.0130 e. The molecule has 1 aromatic rings. The number of hydrogen-bond acceptors (Lipinski definition) is 1. The summed E-state index contributed by atoms with van der Waals surface area (Å²) in [6, 6.07) is 9.21. The molecule has 0 heterocycles. The van der Waals surface area contributed by atoms with E-state index in [9.17, 15) is 0 Å². The van der Waals surface area contributed by atoms with Gasteiger partial charge in [-0.25, -0.2) is 0 Å². The van der Waals surface area contributed by atoms with Crippen LogP contribution in [0.25, 0.3) is 0 Å². The fourth-order valence-electron chi connectivity index (χ4n) is 3.86. The van der Waals surface area contributed by atoms with Gasteiger partial charge in [-0.3, -0.25) is 0 Å². The summed E-state index contributed by atoms with van der Waals surface area (Å²) in [5.74, 6) is 2.75. The summed E-state index contributed by atoms with van der Waals surface area (Å²) >= 11 is 2.35. The SMILES string of the molecule is NC(Cc1ccc(I)cc1)C1CC2CCC1C2. The summed E-state index contributed by atoms with van der Waals surface area (Å²) in [6.45, 7) is 0. The zero-order valence-corrected chi connectivity index (χ0v) is 12.3. The minimum Gasteiger partial charge on any atom is -0.327 e. The molecule has 4 unspecified atom stereocenters. The third-order valence-corrected chi connectivity index (χ3v) is 5.45. The maximum atomic E-state index is 6.43. The molecule has 0 aliphatic heterocycles. The highest BCUT2D eigenvalue weighted by atomic mass is 127. The third kappa shape index (κ3) is 2.53. The Bertz CT molecular complexity index is 386. The highest BCUT2D eigenvalue weighted by Gasteiger charge is 2.41. The van der Waals surface area contributed by atoms with E-state index in [1.807, 2.05) is 0 Å². The van der Waals surface area contributed by atoms with Crippen molar-refractivity contribution in [3.8, 4) is 0 Å². The second-order valence-corrected chi connectivity index (χ2v) is 7.08. The van der Waals surface area contributed by atoms with Crippen LogP contribution >= 0.6 is 22.6 Å². The molecule has 0 saturated heterocycles. The van der Waals surface area contributed by atoms with Gasteiger partial charge in [0.2, 0.25) is 0 Å². The lowest BCUT2D eigenvalue weighted by Gasteiger charge is -2.27. The van der Waals surface area contributed by atoms with Crippen LogP contribution in [0.3, 0.4) is 0 Å². The summed E-state index contributed by atoms with van der Waals surface area (Å²) in [7, 11) is 0. The topological polar surface area (TPSA) is 26.0 Å². The van der Waals surface area contributed by atoms with Crippen molar-refractivity contribution < 1.29 is 0 Å². The summed E-state index contributed by atoms with van der Waals surface area (Å²) in [6.07, 6.45) is 6.83. The molecule has 2 bridgehead atoms. The summed E-state index contributed by atoms with van der Waals surface area (Å²) in [4.78, 5) is 0. The molecule has 2 fully saturated rings. The molecular weight excluding hydrogens is 321 g/mol. The molecule has 2 saturated carbocycles. The van der Waals surface area contributed by atoms with Gasteiger partial charge in [0.15, 0.2) is 0 Å². The predicted molar refractivity (Wildman–Crippen MR) is 79.8 cm³/mol. The van der Waals surface area contributed by atoms with E-state index in [0.717, 1.165) is 24.2 Å². The fraction of sp³-hybridized carbons (Fsp3) is 0.600. The zero-order chi connectivity index (χ0) is 11.8. The van der Waals surface area contributed by atoms with Crippen molar-refractivity contribution in [1.82, 2.24) is 0 Å². The Morgan fingerprint density at radius 2 is 1.94 bits per heavy atom. The zero-order valence-electron chi connectivity index (χ0n) is 10.1. The number of benzene rings is 1. The summed E-state index contributed by atoms with van der Waals surface area (Å²) in [5, 5.41) is 0. The van der Waals surface area contributed by atoms with Crippen LogP contribution in [0.5, 0.6) is 0 Å². The highest BCUT2D eigenvalue weighted by Crippen LogP contribution is 2.49. The molecule has 0 spiro atoms. The van der Waals surface area contributed by atoms with E-state index in [1.165, 1.54) is 34.8 Å². The van der Waals surface area contributed by atoms with E-state index in [1.54, 1.807) is 0 Å². The van der Waals surface area contributed by atoms with Crippen molar-refractivity contribution in [1.29, 1.82) is 0 Å². The first-order chi connectivity index (χ1) is 8.22. The van der Waals surface area contributed by atoms with Crippen LogP contribution in [-0.4, -0.2) is 6.04 Å². The van der Waals surface area contributed by atoms with Gasteiger partial charge in [0.25, 0.3) is 0 Å². The quantitative estimate of drug-likeness (QED) is 0.836. The van der Waals surface area contributed by atoms with E-state index in [0.29, 0.717) is 6.04 Å². The first-order valence-electron chi connectivity index (χ1n) is 6.72. The van der Waals surface area contributed by atoms with Crippen molar-refractivity contribution in [2.45, 2.75) is 38.1 Å². The molecule has 92 valence electrons. The van der Waals surface area contributed by atoms with E-state index in [-0.39, 0.29) is 0 Å². The van der Waals surface area contributed by atoms with Crippen LogP contribution in [0.1, 0.15) is 31.2 Å². The van der Waals surface area contributed by atoms with Crippen LogP contribution in [0.15, 0.2) is 24.3 Å². The van der Waals surface area contributed by atoms with Gasteiger partial charge in [-0.2, -0.15) is 0 Å². The summed E-state index contributed by atoms with van der Waals surface area (Å²) < 4.78 is 1.31. The standard InChI is InChI=1S/C15H20IN/c16-13-5-2-10(3-6-13)9-15(17)14-8-11-1-4-12(14)7-11/h2-3,5-6,11-12,14-15H,1,4,7-9,17H2. The monoisotopic (exact) mass is 341 g/mol. The largest absolute Gasteiger partial charge is 0.327 e. The molecule has 0 amide bonds. The normalized spacial score (nSPS) is 32.9. The van der Waals surface area contributed by atoms with Gasteiger partial charge in [0, 0.05) is 9.61 Å². The predicted octanol–water partition coefficient (Wildman–Crippen LogP) is 3.60. The Hall–Kier alpha value is -0.0900. The van der Waals surface area contributed by atoms with E-state index < -0.39 is 0 Å². The number of hydrogen-bond donors (Lipinski definition) is 1. The second-order valence-electron chi connectivity index (χ2n) is 5.83. The van der Waals surface area contributed by atoms with Crippen molar-refractivity contribution in [2.75, 3.05) is 0 Å². The average Bonchev–Trinajstić information content (AvgIpc) is 2.94. The van der Waals surface area contributed by atoms with Gasteiger partial charge in [0.1, 0.15) is 0 Å². The molecule has 1 nitrogen and oxygen atoms in total. The lowest BCUT2D eigenvalue weighted by atomic mass is 9.81. The van der Waals surface area contributed by atoms with Crippen molar-refractivity contribution in [2.24, 2.45) is 23.5 Å².